The van der Waals surface area contributed by atoms with Crippen LogP contribution in [0, 0.1) is 0 Å². The summed E-state index contributed by atoms with van der Waals surface area (Å²) in [6.45, 7) is -0.536. The second-order valence-electron chi connectivity index (χ2n) is 5.95. The molecule has 2 aromatic carbocycles. The zero-order valence-corrected chi connectivity index (χ0v) is 16.3. The molecule has 0 saturated carbocycles. The lowest BCUT2D eigenvalue weighted by Crippen LogP contribution is -2.34. The number of carbonyl (C=O) groups is 2. The van der Waals surface area contributed by atoms with E-state index in [0.29, 0.717) is 17.4 Å². The molecule has 0 atom stereocenters. The van der Waals surface area contributed by atoms with Gasteiger partial charge in [0.15, 0.2) is 6.61 Å². The fourth-order valence-electron chi connectivity index (χ4n) is 2.34. The van der Waals surface area contributed by atoms with Crippen molar-refractivity contribution in [3.05, 3.63) is 78.5 Å². The van der Waals surface area contributed by atoms with E-state index in [-0.39, 0.29) is 10.5 Å². The first-order chi connectivity index (χ1) is 14.3. The SMILES string of the molecule is NC(=O)c1ccc(S(=O)(=O)NC(=O)COc2cccc(Oc3ccccn3)c2)cc1. The van der Waals surface area contributed by atoms with Gasteiger partial charge in [-0.2, -0.15) is 0 Å². The lowest BCUT2D eigenvalue weighted by Gasteiger charge is -2.10. The second kappa shape index (κ2) is 9.05. The molecular formula is C20H17N3O6S. The van der Waals surface area contributed by atoms with Gasteiger partial charge in [-0.25, -0.2) is 18.1 Å². The van der Waals surface area contributed by atoms with E-state index in [1.165, 1.54) is 24.3 Å². The normalized spacial score (nSPS) is 10.8. The Bertz CT molecular complexity index is 1150. The molecule has 154 valence electrons. The smallest absolute Gasteiger partial charge is 0.271 e. The fourth-order valence-corrected chi connectivity index (χ4v) is 3.31. The molecular weight excluding hydrogens is 410 g/mol. The summed E-state index contributed by atoms with van der Waals surface area (Å²) in [5, 5.41) is 0. The average Bonchev–Trinajstić information content (AvgIpc) is 2.73. The molecule has 0 aliphatic rings. The lowest BCUT2D eigenvalue weighted by atomic mass is 10.2. The summed E-state index contributed by atoms with van der Waals surface area (Å²) < 4.78 is 37.3. The van der Waals surface area contributed by atoms with Crippen LogP contribution in [-0.4, -0.2) is 31.8 Å². The summed E-state index contributed by atoms with van der Waals surface area (Å²) in [6, 6.07) is 16.5. The molecule has 30 heavy (non-hydrogen) atoms. The number of primary amides is 1. The van der Waals surface area contributed by atoms with E-state index in [9.17, 15) is 18.0 Å². The number of aromatic nitrogens is 1. The maximum Gasteiger partial charge on any atom is 0.271 e. The third-order valence-electron chi connectivity index (χ3n) is 3.73. The molecule has 0 fully saturated rings. The number of rotatable bonds is 8. The van der Waals surface area contributed by atoms with Crippen LogP contribution in [0.15, 0.2) is 77.8 Å². The second-order valence-corrected chi connectivity index (χ2v) is 7.63. The van der Waals surface area contributed by atoms with Crippen molar-refractivity contribution in [2.45, 2.75) is 4.90 Å². The maximum atomic E-state index is 12.3. The maximum absolute atomic E-state index is 12.3. The summed E-state index contributed by atoms with van der Waals surface area (Å²) in [7, 11) is -4.12. The van der Waals surface area contributed by atoms with Crippen LogP contribution in [0.4, 0.5) is 0 Å². The van der Waals surface area contributed by atoms with Gasteiger partial charge in [-0.15, -0.1) is 0 Å². The molecule has 0 aliphatic carbocycles. The van der Waals surface area contributed by atoms with Gasteiger partial charge in [0.05, 0.1) is 4.90 Å². The number of nitrogens with two attached hydrogens (primary N) is 1. The van der Waals surface area contributed by atoms with E-state index in [0.717, 1.165) is 0 Å². The van der Waals surface area contributed by atoms with Gasteiger partial charge in [0.1, 0.15) is 11.5 Å². The third-order valence-corrected chi connectivity index (χ3v) is 5.12. The number of nitrogens with one attached hydrogen (secondary N) is 1. The van der Waals surface area contributed by atoms with Crippen molar-refractivity contribution >= 4 is 21.8 Å². The molecule has 3 N–H and O–H groups in total. The average molecular weight is 427 g/mol. The Balaban J connectivity index is 1.59. The van der Waals surface area contributed by atoms with Crippen LogP contribution < -0.4 is 19.9 Å². The number of nitrogens with zero attached hydrogens (tertiary/aromatic N) is 1. The van der Waals surface area contributed by atoms with Crippen LogP contribution in [0.25, 0.3) is 0 Å². The van der Waals surface area contributed by atoms with Gasteiger partial charge in [-0.3, -0.25) is 9.59 Å². The molecule has 3 rings (SSSR count). The van der Waals surface area contributed by atoms with E-state index in [1.807, 2.05) is 4.72 Å². The predicted molar refractivity (Wildman–Crippen MR) is 107 cm³/mol. The zero-order valence-electron chi connectivity index (χ0n) is 15.5. The first kappa shape index (κ1) is 20.8. The predicted octanol–water partition coefficient (Wildman–Crippen LogP) is 1.86. The Kier molecular flexibility index (Phi) is 6.28. The number of amides is 2. The Morgan fingerprint density at radius 1 is 0.967 bits per heavy atom. The number of hydrogen-bond acceptors (Lipinski definition) is 7. The molecule has 9 nitrogen and oxygen atoms in total. The van der Waals surface area contributed by atoms with Crippen molar-refractivity contribution in [3.63, 3.8) is 0 Å². The van der Waals surface area contributed by atoms with Crippen LogP contribution in [0.5, 0.6) is 17.4 Å². The van der Waals surface area contributed by atoms with E-state index < -0.39 is 28.4 Å². The van der Waals surface area contributed by atoms with Gasteiger partial charge in [-0.1, -0.05) is 12.1 Å². The summed E-state index contributed by atoms with van der Waals surface area (Å²) >= 11 is 0. The first-order valence-electron chi connectivity index (χ1n) is 8.61. The quantitative estimate of drug-likeness (QED) is 0.559. The molecule has 1 aromatic heterocycles. The highest BCUT2D eigenvalue weighted by molar-refractivity contribution is 7.90. The van der Waals surface area contributed by atoms with Crippen molar-refractivity contribution in [1.82, 2.24) is 9.71 Å². The van der Waals surface area contributed by atoms with Crippen molar-refractivity contribution in [2.75, 3.05) is 6.61 Å². The molecule has 0 radical (unpaired) electrons. The molecule has 1 heterocycles. The highest BCUT2D eigenvalue weighted by Crippen LogP contribution is 2.23. The molecule has 0 saturated heterocycles. The molecule has 0 spiro atoms. The summed E-state index contributed by atoms with van der Waals surface area (Å²) in [4.78, 5) is 26.9. The monoisotopic (exact) mass is 427 g/mol. The highest BCUT2D eigenvalue weighted by atomic mass is 32.2. The largest absolute Gasteiger partial charge is 0.484 e. The lowest BCUT2D eigenvalue weighted by molar-refractivity contribution is -0.121. The molecule has 10 heteroatoms. The number of ether oxygens (including phenoxy) is 2. The summed E-state index contributed by atoms with van der Waals surface area (Å²) in [6.07, 6.45) is 1.59. The number of benzene rings is 2. The number of hydrogen-bond donors (Lipinski definition) is 2. The Morgan fingerprint density at radius 2 is 1.70 bits per heavy atom. The van der Waals surface area contributed by atoms with E-state index in [1.54, 1.807) is 48.7 Å². The van der Waals surface area contributed by atoms with Gasteiger partial charge < -0.3 is 15.2 Å². The zero-order chi connectivity index (χ0) is 21.6. The minimum atomic E-state index is -4.12. The van der Waals surface area contributed by atoms with Crippen LogP contribution in [0.1, 0.15) is 10.4 Å². The van der Waals surface area contributed by atoms with Gasteiger partial charge in [-0.05, 0) is 42.5 Å². The number of sulfonamides is 1. The van der Waals surface area contributed by atoms with E-state index >= 15 is 0 Å². The molecule has 3 aromatic rings. The van der Waals surface area contributed by atoms with Crippen LogP contribution in [-0.2, 0) is 14.8 Å². The van der Waals surface area contributed by atoms with Gasteiger partial charge in [0.2, 0.25) is 11.8 Å². The van der Waals surface area contributed by atoms with Gasteiger partial charge in [0.25, 0.3) is 15.9 Å². The van der Waals surface area contributed by atoms with Crippen molar-refractivity contribution in [3.8, 4) is 17.4 Å². The van der Waals surface area contributed by atoms with Gasteiger partial charge >= 0.3 is 0 Å². The Labute approximate surface area is 172 Å². The highest BCUT2D eigenvalue weighted by Gasteiger charge is 2.18. The van der Waals surface area contributed by atoms with Gasteiger partial charge in [0, 0.05) is 23.9 Å². The van der Waals surface area contributed by atoms with E-state index in [2.05, 4.69) is 4.98 Å². The van der Waals surface area contributed by atoms with Crippen LogP contribution in [0.3, 0.4) is 0 Å². The van der Waals surface area contributed by atoms with Crippen LogP contribution >= 0.6 is 0 Å². The summed E-state index contributed by atoms with van der Waals surface area (Å²) in [5.74, 6) is -0.424. The first-order valence-corrected chi connectivity index (χ1v) is 10.1. The van der Waals surface area contributed by atoms with Crippen molar-refractivity contribution < 1.29 is 27.5 Å². The molecule has 0 aliphatic heterocycles. The Morgan fingerprint density at radius 3 is 2.37 bits per heavy atom. The van der Waals surface area contributed by atoms with Crippen molar-refractivity contribution in [2.24, 2.45) is 5.73 Å². The van der Waals surface area contributed by atoms with E-state index in [4.69, 9.17) is 15.2 Å². The number of carbonyl (C=O) groups excluding carboxylic acids is 2. The molecule has 0 unspecified atom stereocenters. The third kappa shape index (κ3) is 5.55. The minimum absolute atomic E-state index is 0.149. The number of pyridine rings is 1. The Hall–Kier alpha value is -3.92. The summed E-state index contributed by atoms with van der Waals surface area (Å²) in [5.41, 5.74) is 5.26. The standard InChI is InChI=1S/C20H17N3O6S/c21-20(25)14-7-9-17(10-8-14)30(26,27)23-18(24)13-28-15-4-3-5-16(12-15)29-19-6-1-2-11-22-19/h1-12H,13H2,(H2,21,25)(H,23,24). The topological polar surface area (TPSA) is 138 Å². The minimum Gasteiger partial charge on any atom is -0.484 e. The fraction of sp³-hybridized carbons (Fsp3) is 0.0500. The van der Waals surface area contributed by atoms with Crippen LogP contribution in [0.2, 0.25) is 0 Å². The molecule has 0 bridgehead atoms. The molecule has 2 amide bonds. The van der Waals surface area contributed by atoms with Crippen molar-refractivity contribution in [1.29, 1.82) is 0 Å².